The van der Waals surface area contributed by atoms with Crippen LogP contribution < -0.4 is 21.3 Å². The molecule has 2 N–H and O–H groups in total. The van der Waals surface area contributed by atoms with Crippen LogP contribution >= 0.6 is 0 Å². The average molecular weight is 393 g/mol. The molecule has 152 valence electrons. The number of hydrogen-bond donors (Lipinski definition) is 1. The molecule has 1 atom stereocenters. The van der Waals surface area contributed by atoms with E-state index in [-0.39, 0.29) is 5.69 Å². The fourth-order valence-electron chi connectivity index (χ4n) is 4.32. The fourth-order valence-corrected chi connectivity index (χ4v) is 4.32. The Labute approximate surface area is 170 Å². The highest BCUT2D eigenvalue weighted by Gasteiger charge is 2.38. The van der Waals surface area contributed by atoms with Gasteiger partial charge in [-0.1, -0.05) is 24.6 Å². The molecule has 0 radical (unpaired) electrons. The van der Waals surface area contributed by atoms with Crippen molar-refractivity contribution < 1.29 is 4.74 Å². The monoisotopic (exact) mass is 393 g/mol. The predicted molar refractivity (Wildman–Crippen MR) is 115 cm³/mol. The number of hydrogen-bond acceptors (Lipinski definition) is 6. The molecule has 6 heteroatoms. The summed E-state index contributed by atoms with van der Waals surface area (Å²) in [5.41, 5.74) is 5.49. The number of benzene rings is 1. The number of ether oxygens (including phenoxy) is 1. The normalized spacial score (nSPS) is 21.8. The van der Waals surface area contributed by atoms with E-state index < -0.39 is 16.4 Å². The molecule has 0 aliphatic carbocycles. The zero-order chi connectivity index (χ0) is 20.3. The molecule has 0 saturated carbocycles. The Morgan fingerprint density at radius 3 is 2.69 bits per heavy atom. The molecule has 0 bridgehead atoms. The van der Waals surface area contributed by atoms with E-state index in [0.717, 1.165) is 12.3 Å². The van der Waals surface area contributed by atoms with Crippen LogP contribution in [0, 0.1) is 0 Å². The molecule has 0 spiro atoms. The molecule has 1 unspecified atom stereocenters. The van der Waals surface area contributed by atoms with E-state index in [2.05, 4.69) is 22.0 Å². The van der Waals surface area contributed by atoms with E-state index in [9.17, 15) is 9.59 Å². The van der Waals surface area contributed by atoms with E-state index in [4.69, 9.17) is 10.5 Å². The Bertz CT molecular complexity index is 983. The Morgan fingerprint density at radius 2 is 1.97 bits per heavy atom. The summed E-state index contributed by atoms with van der Waals surface area (Å²) in [7, 11) is 0. The molecule has 29 heavy (non-hydrogen) atoms. The van der Waals surface area contributed by atoms with E-state index in [1.54, 1.807) is 12.3 Å². The van der Waals surface area contributed by atoms with E-state index in [1.165, 1.54) is 37.9 Å². The van der Waals surface area contributed by atoms with Gasteiger partial charge in [0.05, 0.1) is 17.9 Å². The number of piperidine rings is 1. The molecule has 2 aromatic rings. The van der Waals surface area contributed by atoms with E-state index in [0.29, 0.717) is 25.0 Å². The molecule has 2 aliphatic rings. The smallest absolute Gasteiger partial charge is 0.249 e. The van der Waals surface area contributed by atoms with Crippen molar-refractivity contribution in [3.05, 3.63) is 68.0 Å². The molecular weight excluding hydrogens is 366 g/mol. The van der Waals surface area contributed by atoms with E-state index in [1.807, 2.05) is 18.2 Å². The third kappa shape index (κ3) is 4.03. The first kappa shape index (κ1) is 19.6. The molecular formula is C23H27N3O3. The van der Waals surface area contributed by atoms with Crippen molar-refractivity contribution in [2.24, 2.45) is 4.99 Å². The van der Waals surface area contributed by atoms with E-state index >= 15 is 0 Å². The van der Waals surface area contributed by atoms with Crippen molar-refractivity contribution in [3.63, 3.8) is 0 Å². The summed E-state index contributed by atoms with van der Waals surface area (Å²) in [5.74, 6) is 0.854. The predicted octanol–water partition coefficient (Wildman–Crippen LogP) is 2.55. The number of nitrogens with zero attached hydrogens (tertiary/aromatic N) is 2. The molecule has 0 aromatic heterocycles. The van der Waals surface area contributed by atoms with Gasteiger partial charge in [0.15, 0.2) is 0 Å². The van der Waals surface area contributed by atoms with Gasteiger partial charge in [0, 0.05) is 12.8 Å². The van der Waals surface area contributed by atoms with Gasteiger partial charge in [-0.2, -0.15) is 0 Å². The van der Waals surface area contributed by atoms with Crippen LogP contribution in [0.25, 0.3) is 0 Å². The third-order valence-corrected chi connectivity index (χ3v) is 5.87. The maximum atomic E-state index is 12.0. The molecule has 2 heterocycles. The first-order valence-electron chi connectivity index (χ1n) is 10.4. The van der Waals surface area contributed by atoms with Crippen LogP contribution in [0.4, 0.5) is 5.69 Å². The van der Waals surface area contributed by atoms with Crippen LogP contribution in [0.1, 0.15) is 43.2 Å². The standard InChI is InChI=1S/C23H27N3O3/c24-20-19(21(27)22(20)28)23(9-5-11-25-23)10-6-14-29-18-8-4-7-17(15-18)16-26-12-2-1-3-13-26/h4-5,7-9,11,15H,1-3,6,10,12-14,16,24H2. The SMILES string of the molecule is Nc1c(C2(CCCOc3cccc(CN4CCCCC4)c3)C=CC=N2)c(=O)c1=O. The maximum Gasteiger partial charge on any atom is 0.249 e. The minimum atomic E-state index is -0.811. The number of rotatable bonds is 8. The minimum Gasteiger partial charge on any atom is -0.494 e. The summed E-state index contributed by atoms with van der Waals surface area (Å²) in [4.78, 5) is 30.4. The largest absolute Gasteiger partial charge is 0.494 e. The molecule has 0 amide bonds. The lowest BCUT2D eigenvalue weighted by Gasteiger charge is -2.27. The number of nitrogens with two attached hydrogens (primary N) is 1. The van der Waals surface area contributed by atoms with Crippen LogP contribution in [-0.4, -0.2) is 30.8 Å². The van der Waals surface area contributed by atoms with Crippen molar-refractivity contribution in [1.29, 1.82) is 0 Å². The van der Waals surface area contributed by atoms with Crippen LogP contribution in [0.3, 0.4) is 0 Å². The second-order valence-electron chi connectivity index (χ2n) is 7.94. The highest BCUT2D eigenvalue weighted by Crippen LogP contribution is 2.36. The average Bonchev–Trinajstić information content (AvgIpc) is 3.21. The zero-order valence-electron chi connectivity index (χ0n) is 16.6. The highest BCUT2D eigenvalue weighted by molar-refractivity contribution is 5.77. The van der Waals surface area contributed by atoms with Crippen molar-refractivity contribution in [1.82, 2.24) is 4.90 Å². The lowest BCUT2D eigenvalue weighted by atomic mass is 9.82. The minimum absolute atomic E-state index is 0.0463. The lowest BCUT2D eigenvalue weighted by Crippen LogP contribution is -2.45. The molecule has 1 fully saturated rings. The first-order valence-corrected chi connectivity index (χ1v) is 10.4. The van der Waals surface area contributed by atoms with Gasteiger partial charge in [-0.3, -0.25) is 19.5 Å². The van der Waals surface area contributed by atoms with Gasteiger partial charge < -0.3 is 10.5 Å². The van der Waals surface area contributed by atoms with Crippen molar-refractivity contribution in [3.8, 4) is 5.75 Å². The van der Waals surface area contributed by atoms with Crippen LogP contribution in [0.15, 0.2) is 51.0 Å². The molecule has 4 rings (SSSR count). The fraction of sp³-hybridized carbons (Fsp3) is 0.435. The van der Waals surface area contributed by atoms with Crippen LogP contribution in [0.2, 0.25) is 0 Å². The number of likely N-dealkylation sites (tertiary alicyclic amines) is 1. The van der Waals surface area contributed by atoms with Crippen molar-refractivity contribution in [2.45, 2.75) is 44.2 Å². The maximum absolute atomic E-state index is 12.0. The molecule has 2 aromatic carbocycles. The third-order valence-electron chi connectivity index (χ3n) is 5.87. The molecule has 2 aliphatic heterocycles. The van der Waals surface area contributed by atoms with Gasteiger partial charge in [-0.15, -0.1) is 0 Å². The molecule has 6 nitrogen and oxygen atoms in total. The Hall–Kier alpha value is -2.73. The van der Waals surface area contributed by atoms with Gasteiger partial charge >= 0.3 is 0 Å². The number of nitrogen functional groups attached to an aromatic ring is 1. The van der Waals surface area contributed by atoms with Crippen molar-refractivity contribution >= 4 is 11.9 Å². The van der Waals surface area contributed by atoms with Gasteiger partial charge in [0.2, 0.25) is 10.9 Å². The first-order chi connectivity index (χ1) is 14.1. The Balaban J connectivity index is 1.33. The number of anilines is 1. The second kappa shape index (κ2) is 8.33. The molecule has 1 saturated heterocycles. The van der Waals surface area contributed by atoms with Gasteiger partial charge in [0.1, 0.15) is 11.3 Å². The van der Waals surface area contributed by atoms with Crippen molar-refractivity contribution in [2.75, 3.05) is 25.4 Å². The Morgan fingerprint density at radius 1 is 1.14 bits per heavy atom. The van der Waals surface area contributed by atoms with Crippen LogP contribution in [0.5, 0.6) is 5.75 Å². The summed E-state index contributed by atoms with van der Waals surface area (Å²) in [5, 5.41) is 0. The van der Waals surface area contributed by atoms with Crippen LogP contribution in [-0.2, 0) is 12.1 Å². The second-order valence-corrected chi connectivity index (χ2v) is 7.94. The number of allylic oxidation sites excluding steroid dienone is 1. The zero-order valence-corrected chi connectivity index (χ0v) is 16.6. The highest BCUT2D eigenvalue weighted by atomic mass is 16.5. The quantitative estimate of drug-likeness (QED) is 0.550. The van der Waals surface area contributed by atoms with Gasteiger partial charge in [0.25, 0.3) is 0 Å². The summed E-state index contributed by atoms with van der Waals surface area (Å²) in [6.45, 7) is 3.81. The van der Waals surface area contributed by atoms with Gasteiger partial charge in [-0.25, -0.2) is 0 Å². The summed E-state index contributed by atoms with van der Waals surface area (Å²) in [6.07, 6.45) is 10.5. The Kier molecular flexibility index (Phi) is 5.62. The lowest BCUT2D eigenvalue weighted by molar-refractivity contribution is 0.220. The summed E-state index contributed by atoms with van der Waals surface area (Å²) >= 11 is 0. The summed E-state index contributed by atoms with van der Waals surface area (Å²) < 4.78 is 5.95. The summed E-state index contributed by atoms with van der Waals surface area (Å²) in [6, 6.07) is 8.25. The topological polar surface area (TPSA) is 85.0 Å². The number of aliphatic imine (C=N–C) groups is 1. The van der Waals surface area contributed by atoms with Gasteiger partial charge in [-0.05, 0) is 62.5 Å².